The summed E-state index contributed by atoms with van der Waals surface area (Å²) in [5, 5.41) is 8.21. The molecule has 0 unspecified atom stereocenters. The maximum atomic E-state index is 5.55. The van der Waals surface area contributed by atoms with Gasteiger partial charge in [-0.2, -0.15) is 5.10 Å². The Balaban J connectivity index is 1.28. The van der Waals surface area contributed by atoms with E-state index in [4.69, 9.17) is 9.73 Å². The van der Waals surface area contributed by atoms with Crippen LogP contribution in [-0.2, 0) is 31.2 Å². The molecule has 0 radical (unpaired) electrons. The summed E-state index contributed by atoms with van der Waals surface area (Å²) in [6, 6.07) is 3.48. The molecule has 7 nitrogen and oxygen atoms in total. The number of rotatable bonds is 6. The highest BCUT2D eigenvalue weighted by Gasteiger charge is 2.28. The van der Waals surface area contributed by atoms with Gasteiger partial charge in [0.2, 0.25) is 0 Å². The summed E-state index contributed by atoms with van der Waals surface area (Å²) in [6.07, 6.45) is 16.4. The van der Waals surface area contributed by atoms with Gasteiger partial charge in [-0.05, 0) is 69.1 Å². The van der Waals surface area contributed by atoms with E-state index in [0.717, 1.165) is 57.9 Å². The highest BCUT2D eigenvalue weighted by Crippen LogP contribution is 2.26. The summed E-state index contributed by atoms with van der Waals surface area (Å²) in [5.41, 5.74) is 5.11. The fourth-order valence-corrected chi connectivity index (χ4v) is 5.56. The number of morpholine rings is 1. The van der Waals surface area contributed by atoms with Gasteiger partial charge in [0.15, 0.2) is 5.84 Å². The van der Waals surface area contributed by atoms with Gasteiger partial charge in [-0.25, -0.2) is 4.99 Å². The molecule has 33 heavy (non-hydrogen) atoms. The Hall–Kier alpha value is -2.38. The van der Waals surface area contributed by atoms with Gasteiger partial charge in [0.1, 0.15) is 0 Å². The largest absolute Gasteiger partial charge is 0.379 e. The standard InChI is InChI=1S/C26H38N6O/c1-3-31-13-12-21-5-7-22(6-4-20-18-27-30(2)19-20)28-26(25(21)31)29-23-8-10-24(11-9-23)32-14-16-33-17-15-32/h7,12-13,18-19,23-24H,3-6,8-11,14-17H2,1-2H3,(H,28,29)/t23-,24-. The molecule has 1 saturated heterocycles. The van der Waals surface area contributed by atoms with Crippen molar-refractivity contribution in [1.29, 1.82) is 0 Å². The SMILES string of the molecule is CCn1ccc2c1C(N[C@H]1CC[C@H](N3CCOCC3)CC1)=NC(CCc1cnn(C)c1)=CC2. The highest BCUT2D eigenvalue weighted by molar-refractivity contribution is 6.00. The Bertz CT molecular complexity index is 988. The molecule has 2 fully saturated rings. The zero-order valence-electron chi connectivity index (χ0n) is 20.2. The molecule has 2 aliphatic heterocycles. The Morgan fingerprint density at radius 1 is 1.12 bits per heavy atom. The van der Waals surface area contributed by atoms with Gasteiger partial charge >= 0.3 is 0 Å². The van der Waals surface area contributed by atoms with E-state index in [-0.39, 0.29) is 0 Å². The summed E-state index contributed by atoms with van der Waals surface area (Å²) in [5.74, 6) is 1.07. The molecule has 1 aliphatic carbocycles. The number of allylic oxidation sites excluding steroid dienone is 2. The topological polar surface area (TPSA) is 59.6 Å². The second-order valence-corrected chi connectivity index (χ2v) is 9.66. The van der Waals surface area contributed by atoms with Crippen molar-refractivity contribution in [3.05, 3.63) is 53.3 Å². The number of hydrogen-bond acceptors (Lipinski definition) is 5. The van der Waals surface area contributed by atoms with Crippen LogP contribution in [-0.4, -0.2) is 63.5 Å². The molecule has 2 aromatic rings. The number of aryl methyl sites for hydroxylation is 3. The average Bonchev–Trinajstić information content (AvgIpc) is 3.42. The number of nitrogens with one attached hydrogen (secondary N) is 1. The third-order valence-electron chi connectivity index (χ3n) is 7.45. The second-order valence-electron chi connectivity index (χ2n) is 9.66. The van der Waals surface area contributed by atoms with Crippen LogP contribution in [0.15, 0.2) is 41.4 Å². The first-order chi connectivity index (χ1) is 16.2. The van der Waals surface area contributed by atoms with Crippen molar-refractivity contribution in [2.75, 3.05) is 26.3 Å². The van der Waals surface area contributed by atoms with Crippen LogP contribution in [0.1, 0.15) is 55.8 Å². The molecule has 178 valence electrons. The molecule has 5 rings (SSSR count). The number of hydrogen-bond donors (Lipinski definition) is 1. The fourth-order valence-electron chi connectivity index (χ4n) is 5.56. The number of nitrogens with zero attached hydrogens (tertiary/aromatic N) is 5. The van der Waals surface area contributed by atoms with Crippen LogP contribution < -0.4 is 5.32 Å². The van der Waals surface area contributed by atoms with Crippen LogP contribution in [0.3, 0.4) is 0 Å². The first kappa shape index (κ1) is 22.4. The van der Waals surface area contributed by atoms with Crippen molar-refractivity contribution < 1.29 is 4.74 Å². The summed E-state index contributed by atoms with van der Waals surface area (Å²) in [7, 11) is 1.97. The van der Waals surface area contributed by atoms with Crippen molar-refractivity contribution in [1.82, 2.24) is 24.6 Å². The number of ether oxygens (including phenoxy) is 1. The zero-order chi connectivity index (χ0) is 22.6. The normalized spacial score (nSPS) is 24.1. The molecule has 1 N–H and O–H groups in total. The first-order valence-electron chi connectivity index (χ1n) is 12.7. The van der Waals surface area contributed by atoms with Gasteiger partial charge in [-0.1, -0.05) is 6.08 Å². The summed E-state index contributed by atoms with van der Waals surface area (Å²) >= 11 is 0. The Labute approximate surface area is 197 Å². The lowest BCUT2D eigenvalue weighted by Gasteiger charge is -2.39. The summed E-state index contributed by atoms with van der Waals surface area (Å²) < 4.78 is 9.77. The van der Waals surface area contributed by atoms with Crippen LogP contribution in [0.4, 0.5) is 0 Å². The van der Waals surface area contributed by atoms with Crippen LogP contribution in [0, 0.1) is 0 Å². The van der Waals surface area contributed by atoms with E-state index in [0.29, 0.717) is 12.1 Å². The van der Waals surface area contributed by atoms with E-state index in [2.05, 4.69) is 51.3 Å². The minimum Gasteiger partial charge on any atom is -0.379 e. The van der Waals surface area contributed by atoms with Gasteiger partial charge in [-0.3, -0.25) is 9.58 Å². The van der Waals surface area contributed by atoms with Crippen LogP contribution in [0.25, 0.3) is 0 Å². The van der Waals surface area contributed by atoms with Crippen molar-refractivity contribution >= 4 is 5.84 Å². The van der Waals surface area contributed by atoms with Gasteiger partial charge in [-0.15, -0.1) is 0 Å². The zero-order valence-corrected chi connectivity index (χ0v) is 20.2. The molecule has 0 aromatic carbocycles. The predicted octanol–water partition coefficient (Wildman–Crippen LogP) is 3.29. The first-order valence-corrected chi connectivity index (χ1v) is 12.7. The van der Waals surface area contributed by atoms with Gasteiger partial charge in [0.05, 0.1) is 25.1 Å². The van der Waals surface area contributed by atoms with Crippen molar-refractivity contribution in [2.24, 2.45) is 12.0 Å². The van der Waals surface area contributed by atoms with Gasteiger partial charge in [0, 0.05) is 56.9 Å². The number of amidine groups is 1. The lowest BCUT2D eigenvalue weighted by Crippen LogP contribution is -2.48. The molecule has 0 spiro atoms. The summed E-state index contributed by atoms with van der Waals surface area (Å²) in [4.78, 5) is 7.86. The van der Waals surface area contributed by atoms with Crippen LogP contribution >= 0.6 is 0 Å². The highest BCUT2D eigenvalue weighted by atomic mass is 16.5. The third-order valence-corrected chi connectivity index (χ3v) is 7.45. The second kappa shape index (κ2) is 10.3. The minimum atomic E-state index is 0.492. The number of aromatic nitrogens is 3. The van der Waals surface area contributed by atoms with Crippen LogP contribution in [0.2, 0.25) is 0 Å². The minimum absolute atomic E-state index is 0.492. The lowest BCUT2D eigenvalue weighted by molar-refractivity contribution is 0.00704. The Morgan fingerprint density at radius 2 is 1.94 bits per heavy atom. The van der Waals surface area contributed by atoms with E-state index in [1.807, 2.05) is 17.9 Å². The number of aliphatic imine (C=N–C) groups is 1. The maximum absolute atomic E-state index is 5.55. The third kappa shape index (κ3) is 5.25. The number of fused-ring (bicyclic) bond motifs is 1. The van der Waals surface area contributed by atoms with Crippen molar-refractivity contribution in [3.8, 4) is 0 Å². The fraction of sp³-hybridized carbons (Fsp3) is 0.615. The van der Waals surface area contributed by atoms with E-state index in [1.54, 1.807) is 0 Å². The smallest absolute Gasteiger partial charge is 0.150 e. The van der Waals surface area contributed by atoms with E-state index >= 15 is 0 Å². The van der Waals surface area contributed by atoms with E-state index in [9.17, 15) is 0 Å². The van der Waals surface area contributed by atoms with Crippen LogP contribution in [0.5, 0.6) is 0 Å². The van der Waals surface area contributed by atoms with Crippen molar-refractivity contribution in [2.45, 2.75) is 70.5 Å². The van der Waals surface area contributed by atoms with Gasteiger partial charge < -0.3 is 14.6 Å². The quantitative estimate of drug-likeness (QED) is 0.734. The maximum Gasteiger partial charge on any atom is 0.150 e. The lowest BCUT2D eigenvalue weighted by atomic mass is 9.89. The molecule has 4 heterocycles. The molecule has 0 atom stereocenters. The molecule has 1 saturated carbocycles. The van der Waals surface area contributed by atoms with E-state index < -0.39 is 0 Å². The molecule has 7 heteroatoms. The molecule has 0 bridgehead atoms. The molecule has 0 amide bonds. The Morgan fingerprint density at radius 3 is 2.67 bits per heavy atom. The Kier molecular flexibility index (Phi) is 6.97. The average molecular weight is 451 g/mol. The molecular formula is C26H38N6O. The van der Waals surface area contributed by atoms with E-state index in [1.165, 1.54) is 48.2 Å². The monoisotopic (exact) mass is 450 g/mol. The molecule has 3 aliphatic rings. The predicted molar refractivity (Wildman–Crippen MR) is 132 cm³/mol. The van der Waals surface area contributed by atoms with Crippen molar-refractivity contribution in [3.63, 3.8) is 0 Å². The molecule has 2 aromatic heterocycles. The van der Waals surface area contributed by atoms with Gasteiger partial charge in [0.25, 0.3) is 0 Å². The molecular weight excluding hydrogens is 412 g/mol. The summed E-state index contributed by atoms with van der Waals surface area (Å²) in [6.45, 7) is 7.14.